The number of thiazole rings is 1. The monoisotopic (exact) mass is 446 g/mol. The summed E-state index contributed by atoms with van der Waals surface area (Å²) in [6.45, 7) is 0. The topological polar surface area (TPSA) is 51.2 Å². The molecular weight excluding hydrogens is 425 g/mol. The predicted octanol–water partition coefficient (Wildman–Crippen LogP) is 7.01. The highest BCUT2D eigenvalue weighted by atomic mass is 32.1. The summed E-state index contributed by atoms with van der Waals surface area (Å²) in [6.07, 6.45) is 1.63. The molecule has 0 radical (unpaired) electrons. The number of nitrogens with one attached hydrogen (secondary N) is 1. The van der Waals surface area contributed by atoms with Crippen molar-refractivity contribution in [3.63, 3.8) is 0 Å². The molecule has 1 heterocycles. The molecule has 0 spiro atoms. The highest BCUT2D eigenvalue weighted by Gasteiger charge is 2.31. The van der Waals surface area contributed by atoms with Gasteiger partial charge in [0.25, 0.3) is 5.91 Å². The number of amides is 1. The van der Waals surface area contributed by atoms with Crippen molar-refractivity contribution < 1.29 is 22.7 Å². The maximum atomic E-state index is 12.4. The van der Waals surface area contributed by atoms with Crippen molar-refractivity contribution >= 4 is 22.4 Å². The summed E-state index contributed by atoms with van der Waals surface area (Å²) in [7, 11) is 0. The number of alkyl halides is 3. The van der Waals surface area contributed by atoms with E-state index in [4.69, 9.17) is 0 Å². The van der Waals surface area contributed by atoms with Crippen LogP contribution < -0.4 is 10.1 Å². The van der Waals surface area contributed by atoms with Crippen LogP contribution in [-0.2, 0) is 0 Å². The molecule has 2 aromatic carbocycles. The summed E-state index contributed by atoms with van der Waals surface area (Å²) in [5, 5.41) is 4.97. The Labute approximate surface area is 182 Å². The van der Waals surface area contributed by atoms with E-state index in [-0.39, 0.29) is 11.3 Å². The first-order valence-corrected chi connectivity index (χ1v) is 11.0. The largest absolute Gasteiger partial charge is 0.573 e. The van der Waals surface area contributed by atoms with Gasteiger partial charge < -0.3 is 4.74 Å². The Morgan fingerprint density at radius 1 is 1.00 bits per heavy atom. The van der Waals surface area contributed by atoms with E-state index in [0.29, 0.717) is 11.0 Å². The van der Waals surface area contributed by atoms with Crippen LogP contribution in [0.4, 0.5) is 18.3 Å². The van der Waals surface area contributed by atoms with Gasteiger partial charge in [0.1, 0.15) is 5.75 Å². The summed E-state index contributed by atoms with van der Waals surface area (Å²) in [6, 6.07) is 13.2. The summed E-state index contributed by atoms with van der Waals surface area (Å²) < 4.78 is 40.5. The fourth-order valence-electron chi connectivity index (χ4n) is 3.80. The molecule has 4 nitrogen and oxygen atoms in total. The fraction of sp³-hybridized carbons (Fsp3) is 0.304. The lowest BCUT2D eigenvalue weighted by atomic mass is 9.84. The number of aromatic nitrogens is 1. The minimum Gasteiger partial charge on any atom is -0.406 e. The summed E-state index contributed by atoms with van der Waals surface area (Å²) >= 11 is 1.29. The highest BCUT2D eigenvalue weighted by molar-refractivity contribution is 7.14. The Balaban J connectivity index is 1.39. The Kier molecular flexibility index (Phi) is 6.27. The zero-order valence-corrected chi connectivity index (χ0v) is 17.4. The van der Waals surface area contributed by atoms with Crippen molar-refractivity contribution in [3.05, 3.63) is 65.0 Å². The van der Waals surface area contributed by atoms with Crippen LogP contribution in [0.15, 0.2) is 53.9 Å². The molecule has 1 N–H and O–H groups in total. The molecule has 8 heteroatoms. The van der Waals surface area contributed by atoms with Crippen molar-refractivity contribution in [3.8, 4) is 17.0 Å². The number of benzene rings is 2. The van der Waals surface area contributed by atoms with Crippen molar-refractivity contribution in [2.75, 3.05) is 5.32 Å². The molecule has 0 aliphatic heterocycles. The van der Waals surface area contributed by atoms with Crippen molar-refractivity contribution in [1.29, 1.82) is 0 Å². The third-order valence-electron chi connectivity index (χ3n) is 5.36. The van der Waals surface area contributed by atoms with E-state index in [9.17, 15) is 18.0 Å². The predicted molar refractivity (Wildman–Crippen MR) is 114 cm³/mol. The van der Waals surface area contributed by atoms with Gasteiger partial charge in [-0.05, 0) is 48.6 Å². The number of hydrogen-bond acceptors (Lipinski definition) is 4. The standard InChI is InChI=1S/C23H21F3N2O2S/c24-23(25,26)30-19-12-10-18(11-13-19)21(29)28-22-27-20(14-31-22)17-8-6-16(7-9-17)15-4-2-1-3-5-15/h6-15H,1-5H2,(H,27,28,29). The van der Waals surface area contributed by atoms with E-state index in [1.807, 2.05) is 5.38 Å². The van der Waals surface area contributed by atoms with Crippen molar-refractivity contribution in [1.82, 2.24) is 4.98 Å². The van der Waals surface area contributed by atoms with Crippen LogP contribution in [0.5, 0.6) is 5.75 Å². The van der Waals surface area contributed by atoms with Crippen molar-refractivity contribution in [2.45, 2.75) is 44.4 Å². The molecule has 3 aromatic rings. The molecule has 4 rings (SSSR count). The number of rotatable bonds is 5. The average Bonchev–Trinajstić information content (AvgIpc) is 3.22. The van der Waals surface area contributed by atoms with Crippen LogP contribution in [0.1, 0.15) is 53.9 Å². The number of ether oxygens (including phenoxy) is 1. The molecular formula is C23H21F3N2O2S. The number of hydrogen-bond donors (Lipinski definition) is 1. The Hall–Kier alpha value is -2.87. The smallest absolute Gasteiger partial charge is 0.406 e. The Morgan fingerprint density at radius 2 is 1.68 bits per heavy atom. The first kappa shape index (κ1) is 21.4. The minimum absolute atomic E-state index is 0.211. The van der Waals surface area contributed by atoms with Gasteiger partial charge in [0.05, 0.1) is 5.69 Å². The third-order valence-corrected chi connectivity index (χ3v) is 6.12. The average molecular weight is 446 g/mol. The van der Waals surface area contributed by atoms with Crippen LogP contribution >= 0.6 is 11.3 Å². The van der Waals surface area contributed by atoms with E-state index in [1.165, 1.54) is 61.1 Å². The van der Waals surface area contributed by atoms with E-state index >= 15 is 0 Å². The summed E-state index contributed by atoms with van der Waals surface area (Å²) in [4.78, 5) is 16.8. The second-order valence-corrected chi connectivity index (χ2v) is 8.38. The lowest BCUT2D eigenvalue weighted by Crippen LogP contribution is -2.17. The van der Waals surface area contributed by atoms with E-state index in [0.717, 1.165) is 23.4 Å². The molecule has 0 unspecified atom stereocenters. The lowest BCUT2D eigenvalue weighted by molar-refractivity contribution is -0.274. The number of nitrogens with zero attached hydrogens (tertiary/aromatic N) is 1. The van der Waals surface area contributed by atoms with Gasteiger partial charge in [-0.25, -0.2) is 4.98 Å². The molecule has 0 bridgehead atoms. The van der Waals surface area contributed by atoms with Crippen LogP contribution in [-0.4, -0.2) is 17.3 Å². The molecule has 0 atom stereocenters. The van der Waals surface area contributed by atoms with E-state index in [2.05, 4.69) is 39.3 Å². The quantitative estimate of drug-likeness (QED) is 0.459. The maximum absolute atomic E-state index is 12.4. The SMILES string of the molecule is O=C(Nc1nc(-c2ccc(C3CCCCC3)cc2)cs1)c1ccc(OC(F)(F)F)cc1. The van der Waals surface area contributed by atoms with Crippen molar-refractivity contribution in [2.24, 2.45) is 0 Å². The molecule has 31 heavy (non-hydrogen) atoms. The number of anilines is 1. The summed E-state index contributed by atoms with van der Waals surface area (Å²) in [5.41, 5.74) is 3.32. The summed E-state index contributed by atoms with van der Waals surface area (Å²) in [5.74, 6) is -0.189. The zero-order chi connectivity index (χ0) is 21.8. The Morgan fingerprint density at radius 3 is 2.32 bits per heavy atom. The normalized spacial score (nSPS) is 14.9. The van der Waals surface area contributed by atoms with Crippen LogP contribution in [0.3, 0.4) is 0 Å². The molecule has 0 saturated heterocycles. The molecule has 1 aliphatic carbocycles. The molecule has 162 valence electrons. The van der Waals surface area contributed by atoms with Crippen LogP contribution in [0, 0.1) is 0 Å². The first-order chi connectivity index (χ1) is 14.9. The minimum atomic E-state index is -4.77. The second-order valence-electron chi connectivity index (χ2n) is 7.52. The second kappa shape index (κ2) is 9.09. The van der Waals surface area contributed by atoms with Gasteiger partial charge in [-0.1, -0.05) is 43.5 Å². The van der Waals surface area contributed by atoms with Gasteiger partial charge in [-0.3, -0.25) is 10.1 Å². The number of carbonyl (C=O) groups excluding carboxylic acids is 1. The first-order valence-electron chi connectivity index (χ1n) is 10.1. The van der Waals surface area contributed by atoms with Gasteiger partial charge in [-0.15, -0.1) is 24.5 Å². The van der Waals surface area contributed by atoms with Crippen LogP contribution in [0.25, 0.3) is 11.3 Å². The maximum Gasteiger partial charge on any atom is 0.573 e. The molecule has 1 aromatic heterocycles. The highest BCUT2D eigenvalue weighted by Crippen LogP contribution is 2.34. The molecule has 1 saturated carbocycles. The van der Waals surface area contributed by atoms with Gasteiger partial charge in [0, 0.05) is 16.5 Å². The van der Waals surface area contributed by atoms with E-state index in [1.54, 1.807) is 0 Å². The Bertz CT molecular complexity index is 1020. The van der Waals surface area contributed by atoms with Gasteiger partial charge >= 0.3 is 6.36 Å². The lowest BCUT2D eigenvalue weighted by Gasteiger charge is -2.22. The molecule has 1 fully saturated rings. The molecule has 1 aliphatic rings. The van der Waals surface area contributed by atoms with Gasteiger partial charge in [0.2, 0.25) is 0 Å². The van der Waals surface area contributed by atoms with Gasteiger partial charge in [-0.2, -0.15) is 0 Å². The van der Waals surface area contributed by atoms with E-state index < -0.39 is 12.3 Å². The van der Waals surface area contributed by atoms with Crippen LogP contribution in [0.2, 0.25) is 0 Å². The molecule has 1 amide bonds. The number of carbonyl (C=O) groups is 1. The third kappa shape index (κ3) is 5.64. The fourth-order valence-corrected chi connectivity index (χ4v) is 4.52. The number of halogens is 3. The zero-order valence-electron chi connectivity index (χ0n) is 16.6. The van der Waals surface area contributed by atoms with Gasteiger partial charge in [0.15, 0.2) is 5.13 Å².